The van der Waals surface area contributed by atoms with Crippen LogP contribution in [0.2, 0.25) is 0 Å². The zero-order valence-corrected chi connectivity index (χ0v) is 16.4. The van der Waals surface area contributed by atoms with Gasteiger partial charge in [-0.2, -0.15) is 4.98 Å². The van der Waals surface area contributed by atoms with E-state index >= 15 is 0 Å². The molecular formula is C21H25N3O4. The third kappa shape index (κ3) is 5.00. The van der Waals surface area contributed by atoms with Crippen molar-refractivity contribution >= 4 is 12.0 Å². The molecule has 0 unspecified atom stereocenters. The summed E-state index contributed by atoms with van der Waals surface area (Å²) in [5.41, 5.74) is 0.868. The maximum absolute atomic E-state index is 12.6. The van der Waals surface area contributed by atoms with Crippen molar-refractivity contribution in [2.45, 2.75) is 25.9 Å². The second kappa shape index (κ2) is 9.21. The molecule has 0 aliphatic carbocycles. The van der Waals surface area contributed by atoms with E-state index in [4.69, 9.17) is 14.2 Å². The Morgan fingerprint density at radius 1 is 1.21 bits per heavy atom. The Bertz CT molecular complexity index is 853. The lowest BCUT2D eigenvalue weighted by Crippen LogP contribution is -2.43. The van der Waals surface area contributed by atoms with Crippen LogP contribution < -0.4 is 14.2 Å². The van der Waals surface area contributed by atoms with Gasteiger partial charge in [0.2, 0.25) is 11.8 Å². The molecule has 148 valence electrons. The van der Waals surface area contributed by atoms with E-state index in [2.05, 4.69) is 9.97 Å². The molecule has 1 saturated heterocycles. The third-order valence-electron chi connectivity index (χ3n) is 4.55. The van der Waals surface area contributed by atoms with Crippen molar-refractivity contribution in [2.75, 3.05) is 27.3 Å². The molecule has 0 radical (unpaired) electrons. The van der Waals surface area contributed by atoms with E-state index in [1.807, 2.05) is 25.1 Å². The zero-order valence-electron chi connectivity index (χ0n) is 16.4. The molecule has 7 heteroatoms. The average molecular weight is 383 g/mol. The van der Waals surface area contributed by atoms with Gasteiger partial charge in [-0.05, 0) is 43.5 Å². The first-order valence-corrected chi connectivity index (χ1v) is 9.24. The van der Waals surface area contributed by atoms with Crippen LogP contribution in [-0.4, -0.2) is 54.2 Å². The van der Waals surface area contributed by atoms with Crippen LogP contribution in [0.25, 0.3) is 6.08 Å². The van der Waals surface area contributed by atoms with Crippen molar-refractivity contribution in [3.05, 3.63) is 47.9 Å². The van der Waals surface area contributed by atoms with Crippen LogP contribution in [0.4, 0.5) is 0 Å². The number of nitrogens with zero attached hydrogens (tertiary/aromatic N) is 3. The van der Waals surface area contributed by atoms with Gasteiger partial charge in [-0.3, -0.25) is 4.79 Å². The van der Waals surface area contributed by atoms with Gasteiger partial charge >= 0.3 is 0 Å². The number of carbonyl (C=O) groups is 1. The second-order valence-corrected chi connectivity index (χ2v) is 6.56. The van der Waals surface area contributed by atoms with Crippen LogP contribution in [0.15, 0.2) is 36.5 Å². The lowest BCUT2D eigenvalue weighted by Gasteiger charge is -2.32. The molecule has 1 aliphatic rings. The van der Waals surface area contributed by atoms with Crippen molar-refractivity contribution in [1.82, 2.24) is 14.9 Å². The maximum atomic E-state index is 12.6. The molecular weight excluding hydrogens is 358 g/mol. The van der Waals surface area contributed by atoms with Crippen molar-refractivity contribution in [2.24, 2.45) is 0 Å². The van der Waals surface area contributed by atoms with Gasteiger partial charge in [0.25, 0.3) is 0 Å². The predicted octanol–water partition coefficient (Wildman–Crippen LogP) is 2.89. The molecule has 3 rings (SSSR count). The summed E-state index contributed by atoms with van der Waals surface area (Å²) in [6.07, 6.45) is 6.76. The second-order valence-electron chi connectivity index (χ2n) is 6.56. The summed E-state index contributed by atoms with van der Waals surface area (Å²) in [7, 11) is 3.18. The minimum Gasteiger partial charge on any atom is -0.493 e. The minimum absolute atomic E-state index is 0.0399. The first-order valence-electron chi connectivity index (χ1n) is 9.24. The first kappa shape index (κ1) is 19.7. The molecule has 2 aromatic rings. The van der Waals surface area contributed by atoms with Crippen molar-refractivity contribution in [3.8, 4) is 17.4 Å². The summed E-state index contributed by atoms with van der Waals surface area (Å²) in [6, 6.07) is 7.27. The van der Waals surface area contributed by atoms with Gasteiger partial charge in [-0.1, -0.05) is 6.07 Å². The highest BCUT2D eigenvalue weighted by Gasteiger charge is 2.24. The normalized spacial score (nSPS) is 16.8. The van der Waals surface area contributed by atoms with Gasteiger partial charge in [0, 0.05) is 24.9 Å². The summed E-state index contributed by atoms with van der Waals surface area (Å²) in [5, 5.41) is 0. The van der Waals surface area contributed by atoms with Gasteiger partial charge in [-0.15, -0.1) is 0 Å². The molecule has 1 atom stereocenters. The van der Waals surface area contributed by atoms with E-state index in [1.54, 1.807) is 43.5 Å². The molecule has 1 aliphatic heterocycles. The van der Waals surface area contributed by atoms with Crippen LogP contribution in [0.3, 0.4) is 0 Å². The number of carbonyl (C=O) groups excluding carboxylic acids is 1. The number of methoxy groups -OCH3 is 2. The Hall–Kier alpha value is -3.09. The standard InChI is InChI=1S/C21H25N3O4/c1-15-22-11-10-20(23-15)28-17-5-4-12-24(14-17)21(25)9-7-16-6-8-18(26-2)19(13-16)27-3/h6-11,13,17H,4-5,12,14H2,1-3H3/b9-7+/t17-/m0/s1. The summed E-state index contributed by atoms with van der Waals surface area (Å²) in [6.45, 7) is 3.08. The molecule has 0 spiro atoms. The first-order chi connectivity index (χ1) is 13.6. The molecule has 0 N–H and O–H groups in total. The smallest absolute Gasteiger partial charge is 0.246 e. The lowest BCUT2D eigenvalue weighted by atomic mass is 10.1. The summed E-state index contributed by atoms with van der Waals surface area (Å²) in [5.74, 6) is 2.46. The van der Waals surface area contributed by atoms with Crippen molar-refractivity contribution < 1.29 is 19.0 Å². The SMILES string of the molecule is COc1ccc(/C=C/C(=O)N2CCC[C@H](Oc3ccnc(C)n3)C2)cc1OC. The Balaban J connectivity index is 1.61. The van der Waals surface area contributed by atoms with Crippen LogP contribution >= 0.6 is 0 Å². The van der Waals surface area contributed by atoms with Gasteiger partial charge in [0.05, 0.1) is 20.8 Å². The largest absolute Gasteiger partial charge is 0.493 e. The van der Waals surface area contributed by atoms with E-state index in [0.717, 1.165) is 24.9 Å². The minimum atomic E-state index is -0.0681. The number of ether oxygens (including phenoxy) is 3. The topological polar surface area (TPSA) is 73.8 Å². The number of amides is 1. The zero-order chi connectivity index (χ0) is 19.9. The van der Waals surface area contributed by atoms with E-state index in [9.17, 15) is 4.79 Å². The average Bonchev–Trinajstić information content (AvgIpc) is 2.72. The molecule has 1 aromatic carbocycles. The molecule has 28 heavy (non-hydrogen) atoms. The molecule has 0 bridgehead atoms. The number of benzene rings is 1. The molecule has 2 heterocycles. The number of hydrogen-bond acceptors (Lipinski definition) is 6. The number of hydrogen-bond donors (Lipinski definition) is 0. The fraction of sp³-hybridized carbons (Fsp3) is 0.381. The lowest BCUT2D eigenvalue weighted by molar-refractivity contribution is -0.128. The summed E-state index contributed by atoms with van der Waals surface area (Å²) in [4.78, 5) is 22.7. The number of aromatic nitrogens is 2. The van der Waals surface area contributed by atoms with E-state index in [1.165, 1.54) is 0 Å². The number of aryl methyl sites for hydroxylation is 1. The van der Waals surface area contributed by atoms with Crippen molar-refractivity contribution in [1.29, 1.82) is 0 Å². The number of rotatable bonds is 6. The Labute approximate surface area is 165 Å². The van der Waals surface area contributed by atoms with Crippen LogP contribution in [0.1, 0.15) is 24.2 Å². The number of likely N-dealkylation sites (tertiary alicyclic amines) is 1. The van der Waals surface area contributed by atoms with E-state index < -0.39 is 0 Å². The fourth-order valence-corrected chi connectivity index (χ4v) is 3.13. The molecule has 1 fully saturated rings. The highest BCUT2D eigenvalue weighted by atomic mass is 16.5. The van der Waals surface area contributed by atoms with Crippen LogP contribution in [-0.2, 0) is 4.79 Å². The number of piperidine rings is 1. The highest BCUT2D eigenvalue weighted by Crippen LogP contribution is 2.28. The van der Waals surface area contributed by atoms with Crippen LogP contribution in [0.5, 0.6) is 17.4 Å². The Morgan fingerprint density at radius 3 is 2.79 bits per heavy atom. The van der Waals surface area contributed by atoms with Crippen molar-refractivity contribution in [3.63, 3.8) is 0 Å². The van der Waals surface area contributed by atoms with E-state index in [-0.39, 0.29) is 12.0 Å². The third-order valence-corrected chi connectivity index (χ3v) is 4.55. The van der Waals surface area contributed by atoms with Gasteiger partial charge in [0.15, 0.2) is 11.5 Å². The Morgan fingerprint density at radius 2 is 2.04 bits per heavy atom. The van der Waals surface area contributed by atoms with E-state index in [0.29, 0.717) is 29.7 Å². The molecule has 0 saturated carbocycles. The van der Waals surface area contributed by atoms with Gasteiger partial charge in [-0.25, -0.2) is 4.98 Å². The fourth-order valence-electron chi connectivity index (χ4n) is 3.13. The molecule has 7 nitrogen and oxygen atoms in total. The molecule has 1 amide bonds. The predicted molar refractivity (Wildman–Crippen MR) is 106 cm³/mol. The summed E-state index contributed by atoms with van der Waals surface area (Å²) >= 11 is 0. The van der Waals surface area contributed by atoms with Gasteiger partial charge in [0.1, 0.15) is 11.9 Å². The monoisotopic (exact) mass is 383 g/mol. The Kier molecular flexibility index (Phi) is 6.47. The quantitative estimate of drug-likeness (QED) is 0.714. The molecule has 1 aromatic heterocycles. The highest BCUT2D eigenvalue weighted by molar-refractivity contribution is 5.92. The van der Waals surface area contributed by atoms with Crippen LogP contribution in [0, 0.1) is 6.92 Å². The summed E-state index contributed by atoms with van der Waals surface area (Å²) < 4.78 is 16.5. The van der Waals surface area contributed by atoms with Gasteiger partial charge < -0.3 is 19.1 Å². The maximum Gasteiger partial charge on any atom is 0.246 e.